The molecule has 2 rings (SSSR count). The summed E-state index contributed by atoms with van der Waals surface area (Å²) in [5.41, 5.74) is 3.80. The van der Waals surface area contributed by atoms with E-state index in [4.69, 9.17) is 5.84 Å². The molecule has 1 aliphatic rings. The fourth-order valence-corrected chi connectivity index (χ4v) is 2.68. The lowest BCUT2D eigenvalue weighted by atomic mass is 10.1. The van der Waals surface area contributed by atoms with Crippen LogP contribution in [0.5, 0.6) is 0 Å². The molecule has 1 aliphatic carbocycles. The van der Waals surface area contributed by atoms with Crippen molar-refractivity contribution >= 4 is 11.7 Å². The zero-order valence-corrected chi connectivity index (χ0v) is 12.4. The van der Waals surface area contributed by atoms with Gasteiger partial charge in [0.05, 0.1) is 12.1 Å². The van der Waals surface area contributed by atoms with Gasteiger partial charge < -0.3 is 15.8 Å². The minimum Gasteiger partial charge on any atom is -0.391 e. The molecule has 2 unspecified atom stereocenters. The lowest BCUT2D eigenvalue weighted by molar-refractivity contribution is 0.0818. The summed E-state index contributed by atoms with van der Waals surface area (Å²) in [4.78, 5) is 16.7. The topological polar surface area (TPSA) is 100 Å². The number of nitrogens with one attached hydrogen (secondary N) is 2. The van der Waals surface area contributed by atoms with Crippen molar-refractivity contribution in [3.63, 3.8) is 0 Å². The summed E-state index contributed by atoms with van der Waals surface area (Å²) in [5.74, 6) is 5.67. The molecule has 1 saturated carbocycles. The van der Waals surface area contributed by atoms with Gasteiger partial charge in [-0.05, 0) is 31.4 Å². The molecule has 1 fully saturated rings. The van der Waals surface area contributed by atoms with Crippen molar-refractivity contribution in [1.82, 2.24) is 10.3 Å². The average molecular weight is 292 g/mol. The highest BCUT2D eigenvalue weighted by Gasteiger charge is 2.23. The lowest BCUT2D eigenvalue weighted by Gasteiger charge is -2.22. The third kappa shape index (κ3) is 4.15. The van der Waals surface area contributed by atoms with Gasteiger partial charge in [0, 0.05) is 11.3 Å². The number of carbonyl (C=O) groups excluding carboxylic acids is 1. The number of aliphatic hydroxyl groups is 1. The van der Waals surface area contributed by atoms with Crippen LogP contribution in [0.4, 0.5) is 5.82 Å². The number of amides is 1. The maximum atomic E-state index is 12.4. The SMILES string of the molecule is CCc1cc(C(=O)NC2CCCCCC2O)cc(NN)n1. The molecule has 6 heteroatoms. The first-order chi connectivity index (χ1) is 10.1. The molecule has 0 bridgehead atoms. The highest BCUT2D eigenvalue weighted by Crippen LogP contribution is 2.19. The molecule has 0 spiro atoms. The second kappa shape index (κ2) is 7.38. The zero-order chi connectivity index (χ0) is 15.2. The first-order valence-electron chi connectivity index (χ1n) is 7.60. The summed E-state index contributed by atoms with van der Waals surface area (Å²) in [6, 6.07) is 3.21. The maximum Gasteiger partial charge on any atom is 0.251 e. The third-order valence-electron chi connectivity index (χ3n) is 3.95. The van der Waals surface area contributed by atoms with Gasteiger partial charge in [-0.15, -0.1) is 0 Å². The van der Waals surface area contributed by atoms with Crippen LogP contribution in [-0.2, 0) is 6.42 Å². The van der Waals surface area contributed by atoms with E-state index in [2.05, 4.69) is 15.7 Å². The average Bonchev–Trinajstić information content (AvgIpc) is 2.71. The molecule has 0 aromatic carbocycles. The highest BCUT2D eigenvalue weighted by atomic mass is 16.3. The number of hydrazine groups is 1. The van der Waals surface area contributed by atoms with Gasteiger partial charge >= 0.3 is 0 Å². The number of aliphatic hydroxyl groups excluding tert-OH is 1. The maximum absolute atomic E-state index is 12.4. The van der Waals surface area contributed by atoms with Crippen LogP contribution in [0.15, 0.2) is 12.1 Å². The van der Waals surface area contributed by atoms with Crippen LogP contribution in [0.2, 0.25) is 0 Å². The van der Waals surface area contributed by atoms with Crippen molar-refractivity contribution in [2.24, 2.45) is 5.84 Å². The number of anilines is 1. The first kappa shape index (κ1) is 15.7. The van der Waals surface area contributed by atoms with Crippen LogP contribution in [0.3, 0.4) is 0 Å². The van der Waals surface area contributed by atoms with E-state index in [-0.39, 0.29) is 11.9 Å². The van der Waals surface area contributed by atoms with Crippen molar-refractivity contribution in [3.8, 4) is 0 Å². The van der Waals surface area contributed by atoms with Crippen molar-refractivity contribution in [3.05, 3.63) is 23.4 Å². The fourth-order valence-electron chi connectivity index (χ4n) is 2.68. The van der Waals surface area contributed by atoms with E-state index >= 15 is 0 Å². The molecule has 1 aromatic rings. The number of hydrogen-bond donors (Lipinski definition) is 4. The van der Waals surface area contributed by atoms with E-state index < -0.39 is 6.10 Å². The van der Waals surface area contributed by atoms with Gasteiger partial charge in [0.1, 0.15) is 5.82 Å². The van der Waals surface area contributed by atoms with Crippen LogP contribution < -0.4 is 16.6 Å². The Morgan fingerprint density at radius 3 is 2.86 bits per heavy atom. The van der Waals surface area contributed by atoms with Gasteiger partial charge in [-0.1, -0.05) is 26.2 Å². The number of carbonyl (C=O) groups is 1. The Morgan fingerprint density at radius 2 is 2.14 bits per heavy atom. The standard InChI is InChI=1S/C15H24N4O2/c1-2-11-8-10(9-14(17-11)19-16)15(21)18-12-6-4-3-5-7-13(12)20/h8-9,12-13,20H,2-7,16H2,1H3,(H,17,19)(H,18,21). The largest absolute Gasteiger partial charge is 0.391 e. The Kier molecular flexibility index (Phi) is 5.52. The van der Waals surface area contributed by atoms with Gasteiger partial charge in [0.25, 0.3) is 5.91 Å². The minimum absolute atomic E-state index is 0.174. The molecule has 5 N–H and O–H groups in total. The third-order valence-corrected chi connectivity index (χ3v) is 3.95. The number of rotatable bonds is 4. The van der Waals surface area contributed by atoms with E-state index in [0.717, 1.165) is 44.2 Å². The van der Waals surface area contributed by atoms with Crippen molar-refractivity contribution in [2.45, 2.75) is 57.6 Å². The summed E-state index contributed by atoms with van der Waals surface area (Å²) in [6.45, 7) is 1.97. The number of nitrogens with zero attached hydrogens (tertiary/aromatic N) is 1. The van der Waals surface area contributed by atoms with Gasteiger partial charge in [0.15, 0.2) is 0 Å². The molecular formula is C15H24N4O2. The highest BCUT2D eigenvalue weighted by molar-refractivity contribution is 5.95. The van der Waals surface area contributed by atoms with Crippen LogP contribution in [0.1, 0.15) is 55.1 Å². The molecule has 2 atom stereocenters. The van der Waals surface area contributed by atoms with E-state index in [1.54, 1.807) is 12.1 Å². The number of hydrogen-bond acceptors (Lipinski definition) is 5. The zero-order valence-electron chi connectivity index (χ0n) is 12.4. The first-order valence-corrected chi connectivity index (χ1v) is 7.60. The van der Waals surface area contributed by atoms with E-state index in [1.165, 1.54) is 0 Å². The van der Waals surface area contributed by atoms with Crippen LogP contribution >= 0.6 is 0 Å². The minimum atomic E-state index is -0.462. The molecule has 116 valence electrons. The van der Waals surface area contributed by atoms with Crippen molar-refractivity contribution in [1.29, 1.82) is 0 Å². The smallest absolute Gasteiger partial charge is 0.251 e. The summed E-state index contributed by atoms with van der Waals surface area (Å²) in [6.07, 6.45) is 4.99. The lowest BCUT2D eigenvalue weighted by Crippen LogP contribution is -2.42. The Balaban J connectivity index is 2.11. The number of pyridine rings is 1. The number of nitrogen functional groups attached to an aromatic ring is 1. The quantitative estimate of drug-likeness (QED) is 0.381. The molecule has 1 amide bonds. The monoisotopic (exact) mass is 292 g/mol. The predicted octanol–water partition coefficient (Wildman–Crippen LogP) is 1.35. The summed E-state index contributed by atoms with van der Waals surface area (Å²) in [5, 5.41) is 13.0. The Hall–Kier alpha value is -1.66. The molecule has 1 aromatic heterocycles. The Bertz CT molecular complexity index is 470. The number of aryl methyl sites for hydroxylation is 1. The summed E-state index contributed by atoms with van der Waals surface area (Å²) in [7, 11) is 0. The molecule has 0 radical (unpaired) electrons. The second-order valence-electron chi connectivity index (χ2n) is 5.52. The molecule has 21 heavy (non-hydrogen) atoms. The van der Waals surface area contributed by atoms with Gasteiger partial charge in [-0.2, -0.15) is 0 Å². The van der Waals surface area contributed by atoms with Crippen LogP contribution in [0, 0.1) is 0 Å². The summed E-state index contributed by atoms with van der Waals surface area (Å²) < 4.78 is 0. The van der Waals surface area contributed by atoms with Crippen LogP contribution in [-0.4, -0.2) is 28.1 Å². The normalized spacial score (nSPS) is 22.4. The van der Waals surface area contributed by atoms with Gasteiger partial charge in [-0.25, -0.2) is 10.8 Å². The fraction of sp³-hybridized carbons (Fsp3) is 0.600. The van der Waals surface area contributed by atoms with E-state index in [9.17, 15) is 9.90 Å². The Morgan fingerprint density at radius 1 is 1.38 bits per heavy atom. The van der Waals surface area contributed by atoms with E-state index in [1.807, 2.05) is 6.92 Å². The van der Waals surface area contributed by atoms with Gasteiger partial charge in [0.2, 0.25) is 0 Å². The molecule has 1 heterocycles. The van der Waals surface area contributed by atoms with Crippen molar-refractivity contribution in [2.75, 3.05) is 5.43 Å². The molecule has 0 saturated heterocycles. The number of aromatic nitrogens is 1. The molecule has 0 aliphatic heterocycles. The molecular weight excluding hydrogens is 268 g/mol. The molecule has 6 nitrogen and oxygen atoms in total. The van der Waals surface area contributed by atoms with Crippen LogP contribution in [0.25, 0.3) is 0 Å². The predicted molar refractivity (Wildman–Crippen MR) is 81.8 cm³/mol. The van der Waals surface area contributed by atoms with Gasteiger partial charge in [-0.3, -0.25) is 4.79 Å². The number of nitrogens with two attached hydrogens (primary N) is 1. The second-order valence-corrected chi connectivity index (χ2v) is 5.52. The van der Waals surface area contributed by atoms with E-state index in [0.29, 0.717) is 11.4 Å². The van der Waals surface area contributed by atoms with Crippen molar-refractivity contribution < 1.29 is 9.90 Å². The summed E-state index contributed by atoms with van der Waals surface area (Å²) >= 11 is 0. The Labute approximate surface area is 125 Å².